The molecule has 1 fully saturated rings. The van der Waals surface area contributed by atoms with Crippen molar-refractivity contribution in [3.63, 3.8) is 0 Å². The number of ether oxygens (including phenoxy) is 1. The number of nitrogens with zero attached hydrogens (tertiary/aromatic N) is 3. The summed E-state index contributed by atoms with van der Waals surface area (Å²) in [5, 5.41) is 0. The van der Waals surface area contributed by atoms with Crippen LogP contribution in [-0.2, 0) is 11.3 Å². The Bertz CT molecular complexity index is 804. The maximum atomic E-state index is 12.5. The van der Waals surface area contributed by atoms with Crippen LogP contribution in [0, 0.1) is 0 Å². The van der Waals surface area contributed by atoms with Gasteiger partial charge in [-0.3, -0.25) is 14.5 Å². The number of likely N-dealkylation sites (N-methyl/N-ethyl adjacent to an activating group) is 1. The van der Waals surface area contributed by atoms with Gasteiger partial charge in [0.2, 0.25) is 5.91 Å². The van der Waals surface area contributed by atoms with Crippen LogP contribution in [0.15, 0.2) is 47.1 Å². The van der Waals surface area contributed by atoms with Crippen molar-refractivity contribution in [1.29, 1.82) is 0 Å². The van der Waals surface area contributed by atoms with Crippen LogP contribution in [0.5, 0.6) is 5.75 Å². The molecule has 0 aliphatic carbocycles. The van der Waals surface area contributed by atoms with Gasteiger partial charge in [-0.15, -0.1) is 0 Å². The van der Waals surface area contributed by atoms with Crippen molar-refractivity contribution >= 4 is 11.8 Å². The highest BCUT2D eigenvalue weighted by Gasteiger charge is 2.25. The molecule has 9 heteroatoms. The lowest BCUT2D eigenvalue weighted by molar-refractivity contribution is -0.132. The number of amides is 2. The molecule has 0 radical (unpaired) electrons. The summed E-state index contributed by atoms with van der Waals surface area (Å²) in [6, 6.07) is 9.53. The van der Waals surface area contributed by atoms with Gasteiger partial charge in [0.15, 0.2) is 5.76 Å². The quantitative estimate of drug-likeness (QED) is 0.705. The molecular formula is C20H23F2N3O4. The molecule has 156 valence electrons. The van der Waals surface area contributed by atoms with Crippen LogP contribution >= 0.6 is 0 Å². The van der Waals surface area contributed by atoms with Crippen molar-refractivity contribution in [3.8, 4) is 5.75 Å². The van der Waals surface area contributed by atoms with Gasteiger partial charge in [-0.1, -0.05) is 12.1 Å². The zero-order chi connectivity index (χ0) is 20.8. The van der Waals surface area contributed by atoms with Gasteiger partial charge in [0.05, 0.1) is 12.8 Å². The number of hydrogen-bond donors (Lipinski definition) is 0. The third-order valence-electron chi connectivity index (χ3n) is 4.74. The van der Waals surface area contributed by atoms with E-state index in [0.29, 0.717) is 38.5 Å². The molecule has 0 bridgehead atoms. The average molecular weight is 407 g/mol. The van der Waals surface area contributed by atoms with Crippen molar-refractivity contribution in [2.24, 2.45) is 0 Å². The number of piperazine rings is 1. The number of alkyl halides is 2. The van der Waals surface area contributed by atoms with E-state index in [-0.39, 0.29) is 24.1 Å². The summed E-state index contributed by atoms with van der Waals surface area (Å²) >= 11 is 0. The zero-order valence-corrected chi connectivity index (χ0v) is 16.1. The minimum Gasteiger partial charge on any atom is -0.459 e. The molecule has 3 rings (SSSR count). The predicted octanol–water partition coefficient (Wildman–Crippen LogP) is 2.30. The van der Waals surface area contributed by atoms with Crippen molar-refractivity contribution in [2.75, 3.05) is 39.8 Å². The highest BCUT2D eigenvalue weighted by Crippen LogP contribution is 2.16. The molecule has 0 unspecified atom stereocenters. The Morgan fingerprint density at radius 1 is 1.14 bits per heavy atom. The van der Waals surface area contributed by atoms with Crippen LogP contribution in [0.2, 0.25) is 0 Å². The summed E-state index contributed by atoms with van der Waals surface area (Å²) in [5.41, 5.74) is 0.816. The van der Waals surface area contributed by atoms with Crippen molar-refractivity contribution in [2.45, 2.75) is 13.2 Å². The van der Waals surface area contributed by atoms with E-state index in [1.165, 1.54) is 18.4 Å². The number of rotatable bonds is 7. The first kappa shape index (κ1) is 20.8. The smallest absolute Gasteiger partial charge is 0.387 e. The molecule has 1 saturated heterocycles. The minimum atomic E-state index is -2.86. The summed E-state index contributed by atoms with van der Waals surface area (Å²) < 4.78 is 33.8. The standard InChI is InChI=1S/C20H23F2N3O4/c1-23(13-15-4-6-16(7-5-15)29-20(21)22)18(26)14-24-8-10-25(11-9-24)19(27)17-3-2-12-28-17/h2-7,12,20H,8-11,13-14H2,1H3. The van der Waals surface area contributed by atoms with Crippen molar-refractivity contribution < 1.29 is 27.5 Å². The van der Waals surface area contributed by atoms with E-state index in [0.717, 1.165) is 5.56 Å². The second kappa shape index (κ2) is 9.51. The van der Waals surface area contributed by atoms with Gasteiger partial charge in [-0.2, -0.15) is 8.78 Å². The lowest BCUT2D eigenvalue weighted by Gasteiger charge is -2.34. The normalized spacial score (nSPS) is 14.8. The summed E-state index contributed by atoms with van der Waals surface area (Å²) in [5.74, 6) is 0.208. The summed E-state index contributed by atoms with van der Waals surface area (Å²) in [6.07, 6.45) is 1.47. The molecule has 1 aliphatic heterocycles. The van der Waals surface area contributed by atoms with Crippen molar-refractivity contribution in [3.05, 3.63) is 54.0 Å². The molecule has 2 heterocycles. The molecule has 2 amide bonds. The molecule has 1 aliphatic rings. The largest absolute Gasteiger partial charge is 0.459 e. The Hall–Kier alpha value is -2.94. The highest BCUT2D eigenvalue weighted by atomic mass is 19.3. The van der Waals surface area contributed by atoms with Crippen LogP contribution < -0.4 is 4.74 Å². The topological polar surface area (TPSA) is 66.2 Å². The Balaban J connectivity index is 1.43. The third-order valence-corrected chi connectivity index (χ3v) is 4.74. The molecule has 7 nitrogen and oxygen atoms in total. The van der Waals surface area contributed by atoms with Crippen LogP contribution in [0.1, 0.15) is 16.1 Å². The van der Waals surface area contributed by atoms with Gasteiger partial charge in [-0.25, -0.2) is 0 Å². The number of halogens is 2. The van der Waals surface area contributed by atoms with Crippen LogP contribution in [0.3, 0.4) is 0 Å². The molecule has 0 N–H and O–H groups in total. The third kappa shape index (κ3) is 5.77. The molecule has 1 aromatic carbocycles. The molecular weight excluding hydrogens is 384 g/mol. The van der Waals surface area contributed by atoms with E-state index >= 15 is 0 Å². The maximum absolute atomic E-state index is 12.5. The summed E-state index contributed by atoms with van der Waals surface area (Å²) in [4.78, 5) is 30.1. The Labute approximate surface area is 167 Å². The van der Waals surface area contributed by atoms with E-state index in [1.54, 1.807) is 41.1 Å². The fourth-order valence-corrected chi connectivity index (χ4v) is 3.12. The Morgan fingerprint density at radius 2 is 1.83 bits per heavy atom. The molecule has 0 saturated carbocycles. The average Bonchev–Trinajstić information content (AvgIpc) is 3.24. The number of carbonyl (C=O) groups is 2. The second-order valence-corrected chi connectivity index (χ2v) is 6.82. The summed E-state index contributed by atoms with van der Waals surface area (Å²) in [6.45, 7) is 0.0260. The SMILES string of the molecule is CN(Cc1ccc(OC(F)F)cc1)C(=O)CN1CCN(C(=O)c2ccco2)CC1. The second-order valence-electron chi connectivity index (χ2n) is 6.82. The van der Waals surface area contributed by atoms with Crippen molar-refractivity contribution in [1.82, 2.24) is 14.7 Å². The number of benzene rings is 1. The van der Waals surface area contributed by atoms with Gasteiger partial charge in [-0.05, 0) is 29.8 Å². The molecule has 1 aromatic heterocycles. The Morgan fingerprint density at radius 3 is 2.41 bits per heavy atom. The zero-order valence-electron chi connectivity index (χ0n) is 16.1. The van der Waals surface area contributed by atoms with E-state index in [9.17, 15) is 18.4 Å². The van der Waals surface area contributed by atoms with Gasteiger partial charge in [0.25, 0.3) is 5.91 Å². The number of carbonyl (C=O) groups excluding carboxylic acids is 2. The summed E-state index contributed by atoms with van der Waals surface area (Å²) in [7, 11) is 1.70. The molecule has 2 aromatic rings. The fraction of sp³-hybridized carbons (Fsp3) is 0.400. The van der Waals surface area contributed by atoms with Gasteiger partial charge in [0.1, 0.15) is 5.75 Å². The predicted molar refractivity (Wildman–Crippen MR) is 101 cm³/mol. The maximum Gasteiger partial charge on any atom is 0.387 e. The Kier molecular flexibility index (Phi) is 6.82. The number of hydrogen-bond acceptors (Lipinski definition) is 5. The van der Waals surface area contributed by atoms with Crippen LogP contribution in [0.4, 0.5) is 8.78 Å². The monoisotopic (exact) mass is 407 g/mol. The first-order valence-corrected chi connectivity index (χ1v) is 9.25. The van der Waals surface area contributed by atoms with E-state index in [1.807, 2.05) is 4.90 Å². The van der Waals surface area contributed by atoms with E-state index in [2.05, 4.69) is 4.74 Å². The van der Waals surface area contributed by atoms with Gasteiger partial charge in [0, 0.05) is 39.8 Å². The molecule has 0 atom stereocenters. The molecule has 0 spiro atoms. The van der Waals surface area contributed by atoms with Gasteiger partial charge >= 0.3 is 6.61 Å². The van der Waals surface area contributed by atoms with E-state index in [4.69, 9.17) is 4.42 Å². The minimum absolute atomic E-state index is 0.0521. The first-order chi connectivity index (χ1) is 13.9. The lowest BCUT2D eigenvalue weighted by atomic mass is 10.2. The van der Waals surface area contributed by atoms with Crippen LogP contribution in [0.25, 0.3) is 0 Å². The number of furan rings is 1. The van der Waals surface area contributed by atoms with Gasteiger partial charge < -0.3 is 19.0 Å². The lowest BCUT2D eigenvalue weighted by Crippen LogP contribution is -2.51. The van der Waals surface area contributed by atoms with Crippen LogP contribution in [-0.4, -0.2) is 72.9 Å². The molecule has 29 heavy (non-hydrogen) atoms. The highest BCUT2D eigenvalue weighted by molar-refractivity contribution is 5.91. The van der Waals surface area contributed by atoms with E-state index < -0.39 is 6.61 Å². The first-order valence-electron chi connectivity index (χ1n) is 9.25. The fourth-order valence-electron chi connectivity index (χ4n) is 3.12.